The van der Waals surface area contributed by atoms with E-state index < -0.39 is 10.8 Å². The van der Waals surface area contributed by atoms with E-state index in [0.717, 1.165) is 0 Å². The van der Waals surface area contributed by atoms with E-state index in [-0.39, 0.29) is 12.1 Å². The summed E-state index contributed by atoms with van der Waals surface area (Å²) in [5.41, 5.74) is 5.14. The smallest absolute Gasteiger partial charge is 0.276 e. The molecule has 6 heteroatoms. The van der Waals surface area contributed by atoms with Gasteiger partial charge >= 0.3 is 0 Å². The zero-order valence-electron chi connectivity index (χ0n) is 8.80. The second-order valence-corrected chi connectivity index (χ2v) is 3.12. The van der Waals surface area contributed by atoms with Crippen LogP contribution in [0.15, 0.2) is 18.2 Å². The Hall–Kier alpha value is -2.11. The Morgan fingerprint density at radius 1 is 1.56 bits per heavy atom. The van der Waals surface area contributed by atoms with Crippen molar-refractivity contribution in [2.24, 2.45) is 5.73 Å². The minimum absolute atomic E-state index is 0.148. The molecule has 1 aromatic carbocycles. The summed E-state index contributed by atoms with van der Waals surface area (Å²) < 4.78 is 5.14. The summed E-state index contributed by atoms with van der Waals surface area (Å²) in [5.74, 6) is -0.199. The summed E-state index contributed by atoms with van der Waals surface area (Å²) in [7, 11) is 0. The second-order valence-electron chi connectivity index (χ2n) is 3.12. The van der Waals surface area contributed by atoms with Gasteiger partial charge in [-0.25, -0.2) is 0 Å². The van der Waals surface area contributed by atoms with E-state index in [9.17, 15) is 14.9 Å². The van der Waals surface area contributed by atoms with Gasteiger partial charge in [-0.3, -0.25) is 14.9 Å². The number of carbonyl (C=O) groups is 1. The van der Waals surface area contributed by atoms with Crippen molar-refractivity contribution in [2.75, 3.05) is 6.61 Å². The fourth-order valence-electron chi connectivity index (χ4n) is 1.31. The number of hydrogen-bond donors (Lipinski definition) is 1. The molecular weight excluding hydrogens is 212 g/mol. The monoisotopic (exact) mass is 224 g/mol. The molecule has 1 rings (SSSR count). The van der Waals surface area contributed by atoms with E-state index in [1.54, 1.807) is 13.0 Å². The molecule has 0 saturated heterocycles. The first-order valence-corrected chi connectivity index (χ1v) is 4.73. The van der Waals surface area contributed by atoms with Crippen LogP contribution in [0.4, 0.5) is 5.69 Å². The third kappa shape index (κ3) is 2.94. The van der Waals surface area contributed by atoms with Gasteiger partial charge in [-0.15, -0.1) is 0 Å². The van der Waals surface area contributed by atoms with Gasteiger partial charge in [0.25, 0.3) is 5.69 Å². The maximum Gasteiger partial charge on any atom is 0.276 e. The van der Waals surface area contributed by atoms with Crippen LogP contribution in [0.3, 0.4) is 0 Å². The van der Waals surface area contributed by atoms with Crippen LogP contribution in [-0.2, 0) is 11.2 Å². The third-order valence-electron chi connectivity index (χ3n) is 1.93. The number of carbonyl (C=O) groups excluding carboxylic acids is 1. The summed E-state index contributed by atoms with van der Waals surface area (Å²) in [4.78, 5) is 20.9. The van der Waals surface area contributed by atoms with Gasteiger partial charge in [0.2, 0.25) is 5.91 Å². The highest BCUT2D eigenvalue weighted by Gasteiger charge is 2.16. The van der Waals surface area contributed by atoms with Crippen molar-refractivity contribution in [2.45, 2.75) is 13.3 Å². The maximum absolute atomic E-state index is 10.8. The molecule has 0 bridgehead atoms. The van der Waals surface area contributed by atoms with Crippen LogP contribution >= 0.6 is 0 Å². The first kappa shape index (κ1) is 12.0. The Bertz CT molecular complexity index is 417. The zero-order chi connectivity index (χ0) is 12.1. The molecule has 0 unspecified atom stereocenters. The molecule has 0 aliphatic heterocycles. The standard InChI is InChI=1S/C10H12N2O4/c1-2-16-8-4-3-7(5-10(11)13)9(6-8)12(14)15/h3-4,6H,2,5H2,1H3,(H2,11,13). The summed E-state index contributed by atoms with van der Waals surface area (Å²) in [6.07, 6.45) is -0.150. The zero-order valence-corrected chi connectivity index (χ0v) is 8.80. The molecule has 0 aromatic heterocycles. The molecule has 86 valence electrons. The fraction of sp³-hybridized carbons (Fsp3) is 0.300. The van der Waals surface area contributed by atoms with Crippen molar-refractivity contribution in [1.82, 2.24) is 0 Å². The molecule has 2 N–H and O–H groups in total. The molecule has 0 fully saturated rings. The van der Waals surface area contributed by atoms with Gasteiger partial charge in [0.05, 0.1) is 24.0 Å². The number of rotatable bonds is 5. The lowest BCUT2D eigenvalue weighted by molar-refractivity contribution is -0.385. The van der Waals surface area contributed by atoms with Crippen molar-refractivity contribution in [3.05, 3.63) is 33.9 Å². The van der Waals surface area contributed by atoms with Crippen LogP contribution in [0.1, 0.15) is 12.5 Å². The Morgan fingerprint density at radius 3 is 2.75 bits per heavy atom. The van der Waals surface area contributed by atoms with Crippen molar-refractivity contribution in [3.8, 4) is 5.75 Å². The lowest BCUT2D eigenvalue weighted by Gasteiger charge is -2.05. The Kier molecular flexibility index (Phi) is 3.82. The van der Waals surface area contributed by atoms with Crippen LogP contribution in [0.5, 0.6) is 5.75 Å². The lowest BCUT2D eigenvalue weighted by Crippen LogP contribution is -2.14. The molecule has 0 atom stereocenters. The van der Waals surface area contributed by atoms with Crippen molar-refractivity contribution in [3.63, 3.8) is 0 Å². The topological polar surface area (TPSA) is 95.5 Å². The number of amides is 1. The average Bonchev–Trinajstić information content (AvgIpc) is 2.19. The molecule has 0 aliphatic rings. The summed E-state index contributed by atoms with van der Waals surface area (Å²) >= 11 is 0. The molecule has 0 spiro atoms. The highest BCUT2D eigenvalue weighted by Crippen LogP contribution is 2.25. The minimum atomic E-state index is -0.604. The summed E-state index contributed by atoms with van der Waals surface area (Å²) in [5, 5.41) is 10.8. The predicted octanol–water partition coefficient (Wildman–Crippen LogP) is 1.02. The quantitative estimate of drug-likeness (QED) is 0.596. The van der Waals surface area contributed by atoms with Gasteiger partial charge in [0.15, 0.2) is 0 Å². The Labute approximate surface area is 92.2 Å². The second kappa shape index (κ2) is 5.11. The van der Waals surface area contributed by atoms with Crippen LogP contribution in [0, 0.1) is 10.1 Å². The highest BCUT2D eigenvalue weighted by atomic mass is 16.6. The molecular formula is C10H12N2O4. The van der Waals surface area contributed by atoms with Gasteiger partial charge in [-0.05, 0) is 19.1 Å². The number of benzene rings is 1. The first-order chi connectivity index (χ1) is 7.54. The number of nitrogens with two attached hydrogens (primary N) is 1. The van der Waals surface area contributed by atoms with Crippen LogP contribution in [-0.4, -0.2) is 17.4 Å². The molecule has 0 radical (unpaired) electrons. The first-order valence-electron chi connectivity index (χ1n) is 4.73. The molecule has 0 aliphatic carbocycles. The van der Waals surface area contributed by atoms with Gasteiger partial charge in [-0.1, -0.05) is 0 Å². The van der Waals surface area contributed by atoms with Crippen LogP contribution in [0.2, 0.25) is 0 Å². The Morgan fingerprint density at radius 2 is 2.25 bits per heavy atom. The van der Waals surface area contributed by atoms with Gasteiger partial charge in [0.1, 0.15) is 5.75 Å². The number of primary amides is 1. The SMILES string of the molecule is CCOc1ccc(CC(N)=O)c([N+](=O)[O-])c1. The van der Waals surface area contributed by atoms with E-state index in [1.807, 2.05) is 0 Å². The van der Waals surface area contributed by atoms with E-state index in [0.29, 0.717) is 17.9 Å². The summed E-state index contributed by atoms with van der Waals surface area (Å²) in [6, 6.07) is 4.35. The number of hydrogen-bond acceptors (Lipinski definition) is 4. The third-order valence-corrected chi connectivity index (χ3v) is 1.93. The average molecular weight is 224 g/mol. The van der Waals surface area contributed by atoms with Gasteiger partial charge < -0.3 is 10.5 Å². The molecule has 1 aromatic rings. The number of nitro benzene ring substituents is 1. The number of ether oxygens (including phenoxy) is 1. The van der Waals surface area contributed by atoms with Crippen LogP contribution in [0.25, 0.3) is 0 Å². The predicted molar refractivity (Wildman–Crippen MR) is 57.2 cm³/mol. The molecule has 0 heterocycles. The largest absolute Gasteiger partial charge is 0.494 e. The number of nitro groups is 1. The molecule has 1 amide bonds. The lowest BCUT2D eigenvalue weighted by atomic mass is 10.1. The van der Waals surface area contributed by atoms with E-state index in [1.165, 1.54) is 12.1 Å². The van der Waals surface area contributed by atoms with Gasteiger partial charge in [0, 0.05) is 5.56 Å². The minimum Gasteiger partial charge on any atom is -0.494 e. The van der Waals surface area contributed by atoms with E-state index >= 15 is 0 Å². The molecule has 16 heavy (non-hydrogen) atoms. The molecule has 0 saturated carbocycles. The highest BCUT2D eigenvalue weighted by molar-refractivity contribution is 5.78. The normalized spacial score (nSPS) is 9.81. The van der Waals surface area contributed by atoms with E-state index in [4.69, 9.17) is 10.5 Å². The number of nitrogens with zero attached hydrogens (tertiary/aromatic N) is 1. The van der Waals surface area contributed by atoms with E-state index in [2.05, 4.69) is 0 Å². The fourth-order valence-corrected chi connectivity index (χ4v) is 1.31. The van der Waals surface area contributed by atoms with Crippen molar-refractivity contribution >= 4 is 11.6 Å². The molecule has 6 nitrogen and oxygen atoms in total. The Balaban J connectivity index is 3.08. The van der Waals surface area contributed by atoms with Crippen molar-refractivity contribution in [1.29, 1.82) is 0 Å². The summed E-state index contributed by atoms with van der Waals surface area (Å²) in [6.45, 7) is 2.20. The van der Waals surface area contributed by atoms with Gasteiger partial charge in [-0.2, -0.15) is 0 Å². The van der Waals surface area contributed by atoms with Crippen molar-refractivity contribution < 1.29 is 14.5 Å². The maximum atomic E-state index is 10.8. The van der Waals surface area contributed by atoms with Crippen LogP contribution < -0.4 is 10.5 Å².